The van der Waals surface area contributed by atoms with Crippen LogP contribution in [0.2, 0.25) is 0 Å². The highest BCUT2D eigenvalue weighted by atomic mass is 16.6. The Labute approximate surface area is 146 Å². The van der Waals surface area contributed by atoms with E-state index < -0.39 is 0 Å². The van der Waals surface area contributed by atoms with Crippen LogP contribution in [-0.4, -0.2) is 47.2 Å². The van der Waals surface area contributed by atoms with Gasteiger partial charge in [-0.3, -0.25) is 9.78 Å². The second-order valence-corrected chi connectivity index (χ2v) is 6.87. The molecule has 2 aromatic heterocycles. The zero-order chi connectivity index (χ0) is 17.3. The summed E-state index contributed by atoms with van der Waals surface area (Å²) in [7, 11) is 0. The van der Waals surface area contributed by atoms with Crippen molar-refractivity contribution < 1.29 is 18.7 Å². The predicted molar refractivity (Wildman–Crippen MR) is 90.5 cm³/mol. The Morgan fingerprint density at radius 2 is 2.32 bits per heavy atom. The fraction of sp³-hybridized carbons (Fsp3) is 0.474. The maximum absolute atomic E-state index is 12.7. The quantitative estimate of drug-likeness (QED) is 0.858. The molecule has 2 aliphatic rings. The molecule has 4 rings (SSSR count). The van der Waals surface area contributed by atoms with Crippen LogP contribution in [-0.2, 0) is 4.74 Å². The molecule has 6 heteroatoms. The smallest absolute Gasteiger partial charge is 0.289 e. The van der Waals surface area contributed by atoms with E-state index in [2.05, 4.69) is 4.98 Å². The van der Waals surface area contributed by atoms with Gasteiger partial charge in [0, 0.05) is 19.2 Å². The number of carbonyl (C=O) groups excluding carboxylic acids is 1. The summed E-state index contributed by atoms with van der Waals surface area (Å²) in [6.07, 6.45) is 6.07. The van der Waals surface area contributed by atoms with Crippen LogP contribution in [0.3, 0.4) is 0 Å². The van der Waals surface area contributed by atoms with Crippen LogP contribution < -0.4 is 4.74 Å². The lowest BCUT2D eigenvalue weighted by molar-refractivity contribution is -0.0459. The number of ether oxygens (including phenoxy) is 2. The number of aryl methyl sites for hydroxylation is 1. The summed E-state index contributed by atoms with van der Waals surface area (Å²) in [6.45, 7) is 3.70. The summed E-state index contributed by atoms with van der Waals surface area (Å²) >= 11 is 0. The SMILES string of the molecule is Cc1ccc(C(=O)N2CCC[C@@]3(C[C@H](Oc4cccnc4)CO3)C2)o1. The molecule has 2 aromatic rings. The average molecular weight is 342 g/mol. The van der Waals surface area contributed by atoms with Gasteiger partial charge in [-0.15, -0.1) is 0 Å². The third-order valence-electron chi connectivity index (χ3n) is 4.89. The minimum Gasteiger partial charge on any atom is -0.486 e. The molecule has 0 saturated carbocycles. The highest BCUT2D eigenvalue weighted by Gasteiger charge is 2.45. The van der Waals surface area contributed by atoms with E-state index in [9.17, 15) is 4.79 Å². The van der Waals surface area contributed by atoms with Gasteiger partial charge in [-0.05, 0) is 44.0 Å². The molecule has 25 heavy (non-hydrogen) atoms. The second-order valence-electron chi connectivity index (χ2n) is 6.87. The first kappa shape index (κ1) is 16.1. The van der Waals surface area contributed by atoms with Crippen LogP contribution in [0.15, 0.2) is 41.1 Å². The van der Waals surface area contributed by atoms with Crippen molar-refractivity contribution in [2.24, 2.45) is 0 Å². The number of likely N-dealkylation sites (tertiary alicyclic amines) is 1. The maximum atomic E-state index is 12.7. The van der Waals surface area contributed by atoms with Crippen molar-refractivity contribution in [3.63, 3.8) is 0 Å². The third-order valence-corrected chi connectivity index (χ3v) is 4.89. The van der Waals surface area contributed by atoms with E-state index in [-0.39, 0.29) is 17.6 Å². The molecule has 0 N–H and O–H groups in total. The Kier molecular flexibility index (Phi) is 4.21. The lowest BCUT2D eigenvalue weighted by atomic mass is 9.89. The number of aromatic nitrogens is 1. The van der Waals surface area contributed by atoms with Crippen LogP contribution in [0, 0.1) is 6.92 Å². The monoisotopic (exact) mass is 342 g/mol. The van der Waals surface area contributed by atoms with Gasteiger partial charge in [0.2, 0.25) is 0 Å². The minimum absolute atomic E-state index is 0.00916. The van der Waals surface area contributed by atoms with Gasteiger partial charge in [0.1, 0.15) is 17.6 Å². The molecule has 1 amide bonds. The molecule has 2 atom stereocenters. The molecule has 1 spiro atoms. The van der Waals surface area contributed by atoms with Crippen molar-refractivity contribution in [2.45, 2.75) is 37.9 Å². The molecular weight excluding hydrogens is 320 g/mol. The second kappa shape index (κ2) is 6.52. The molecule has 2 fully saturated rings. The number of nitrogens with zero attached hydrogens (tertiary/aromatic N) is 2. The molecular formula is C19H22N2O4. The lowest BCUT2D eigenvalue weighted by Crippen LogP contribution is -2.50. The zero-order valence-electron chi connectivity index (χ0n) is 14.3. The molecule has 0 unspecified atom stereocenters. The van der Waals surface area contributed by atoms with Crippen molar-refractivity contribution in [3.8, 4) is 5.75 Å². The topological polar surface area (TPSA) is 64.8 Å². The third kappa shape index (κ3) is 3.39. The molecule has 0 aliphatic carbocycles. The van der Waals surface area contributed by atoms with Crippen LogP contribution in [0.4, 0.5) is 0 Å². The van der Waals surface area contributed by atoms with Crippen molar-refractivity contribution in [1.29, 1.82) is 0 Å². The van der Waals surface area contributed by atoms with Gasteiger partial charge in [-0.1, -0.05) is 0 Å². The number of piperidine rings is 1. The molecule has 132 valence electrons. The van der Waals surface area contributed by atoms with Gasteiger partial charge in [-0.2, -0.15) is 0 Å². The van der Waals surface area contributed by atoms with E-state index in [0.717, 1.165) is 37.3 Å². The summed E-state index contributed by atoms with van der Waals surface area (Å²) in [6, 6.07) is 7.31. The van der Waals surface area contributed by atoms with E-state index in [1.165, 1.54) is 0 Å². The summed E-state index contributed by atoms with van der Waals surface area (Å²) in [5, 5.41) is 0. The van der Waals surface area contributed by atoms with Crippen LogP contribution in [0.5, 0.6) is 5.75 Å². The van der Waals surface area contributed by atoms with Crippen molar-refractivity contribution in [3.05, 3.63) is 48.2 Å². The number of hydrogen-bond donors (Lipinski definition) is 0. The number of rotatable bonds is 3. The summed E-state index contributed by atoms with van der Waals surface area (Å²) < 4.78 is 17.6. The maximum Gasteiger partial charge on any atom is 0.289 e. The fourth-order valence-electron chi connectivity index (χ4n) is 3.75. The van der Waals surface area contributed by atoms with Gasteiger partial charge >= 0.3 is 0 Å². The molecule has 2 aliphatic heterocycles. The van der Waals surface area contributed by atoms with E-state index in [1.807, 2.05) is 30.0 Å². The van der Waals surface area contributed by atoms with Gasteiger partial charge in [0.25, 0.3) is 5.91 Å². The van der Waals surface area contributed by atoms with Crippen LogP contribution in [0.25, 0.3) is 0 Å². The standard InChI is InChI=1S/C19H22N2O4/c1-14-5-6-17(24-14)18(22)21-9-3-7-19(13-21)10-16(12-23-19)25-15-4-2-8-20-11-15/h2,4-6,8,11,16H,3,7,9-10,12-13H2,1H3/t16-,19+/m0/s1. The van der Waals surface area contributed by atoms with E-state index >= 15 is 0 Å². The first-order valence-corrected chi connectivity index (χ1v) is 8.70. The minimum atomic E-state index is -0.317. The van der Waals surface area contributed by atoms with Gasteiger partial charge < -0.3 is 18.8 Å². The van der Waals surface area contributed by atoms with Gasteiger partial charge in [0.05, 0.1) is 24.9 Å². The van der Waals surface area contributed by atoms with Gasteiger partial charge in [0.15, 0.2) is 5.76 Å². The fourth-order valence-corrected chi connectivity index (χ4v) is 3.75. The molecule has 0 aromatic carbocycles. The first-order valence-electron chi connectivity index (χ1n) is 8.70. The van der Waals surface area contributed by atoms with Gasteiger partial charge in [-0.25, -0.2) is 0 Å². The van der Waals surface area contributed by atoms with E-state index in [1.54, 1.807) is 18.5 Å². The zero-order valence-corrected chi connectivity index (χ0v) is 14.3. The van der Waals surface area contributed by atoms with E-state index in [0.29, 0.717) is 18.9 Å². The summed E-state index contributed by atoms with van der Waals surface area (Å²) in [5.74, 6) is 1.84. The molecule has 2 saturated heterocycles. The van der Waals surface area contributed by atoms with E-state index in [4.69, 9.17) is 13.9 Å². The normalized spacial score (nSPS) is 26.1. The van der Waals surface area contributed by atoms with Crippen molar-refractivity contribution in [2.75, 3.05) is 19.7 Å². The summed E-state index contributed by atoms with van der Waals surface area (Å²) in [5.41, 5.74) is -0.317. The average Bonchev–Trinajstić information content (AvgIpc) is 3.22. The largest absolute Gasteiger partial charge is 0.486 e. The number of pyridine rings is 1. The Bertz CT molecular complexity index is 745. The summed E-state index contributed by atoms with van der Waals surface area (Å²) in [4.78, 5) is 18.6. The van der Waals surface area contributed by atoms with Crippen LogP contribution in [0.1, 0.15) is 35.6 Å². The Balaban J connectivity index is 1.41. The van der Waals surface area contributed by atoms with Crippen LogP contribution >= 0.6 is 0 Å². The Morgan fingerprint density at radius 3 is 3.08 bits per heavy atom. The predicted octanol–water partition coefficient (Wildman–Crippen LogP) is 2.83. The Morgan fingerprint density at radius 1 is 1.40 bits per heavy atom. The first-order chi connectivity index (χ1) is 12.1. The Hall–Kier alpha value is -2.34. The number of hydrogen-bond acceptors (Lipinski definition) is 5. The number of amides is 1. The highest BCUT2D eigenvalue weighted by molar-refractivity contribution is 5.91. The molecule has 0 radical (unpaired) electrons. The van der Waals surface area contributed by atoms with Crippen molar-refractivity contribution >= 4 is 5.91 Å². The van der Waals surface area contributed by atoms with Crippen molar-refractivity contribution in [1.82, 2.24) is 9.88 Å². The number of furan rings is 1. The lowest BCUT2D eigenvalue weighted by Gasteiger charge is -2.39. The molecule has 0 bridgehead atoms. The highest BCUT2D eigenvalue weighted by Crippen LogP contribution is 2.36. The number of carbonyl (C=O) groups is 1. The molecule has 6 nitrogen and oxygen atoms in total. The molecule has 4 heterocycles.